The van der Waals surface area contributed by atoms with Gasteiger partial charge >= 0.3 is 0 Å². The molecule has 0 aliphatic carbocycles. The topological polar surface area (TPSA) is 17.1 Å². The Labute approximate surface area is 124 Å². The van der Waals surface area contributed by atoms with Crippen LogP contribution in [0.2, 0.25) is 0 Å². The molecule has 0 spiro atoms. The molecular formula is C19H28O. The molecule has 0 amide bonds. The van der Waals surface area contributed by atoms with E-state index >= 15 is 0 Å². The van der Waals surface area contributed by atoms with E-state index in [2.05, 4.69) is 42.5 Å². The molecule has 20 heavy (non-hydrogen) atoms. The van der Waals surface area contributed by atoms with Crippen LogP contribution in [0.3, 0.4) is 0 Å². The SMILES string of the molecule is O=CCCCCCCCCCC/C=C/c1ccccc1. The summed E-state index contributed by atoms with van der Waals surface area (Å²) in [5, 5.41) is 0. The third kappa shape index (κ3) is 9.55. The molecule has 1 aromatic carbocycles. The Balaban J connectivity index is 1.85. The van der Waals surface area contributed by atoms with Crippen molar-refractivity contribution in [2.45, 2.75) is 64.2 Å². The fraction of sp³-hybridized carbons (Fsp3) is 0.526. The molecule has 0 unspecified atom stereocenters. The second-order valence-corrected chi connectivity index (χ2v) is 5.39. The molecule has 0 radical (unpaired) electrons. The molecule has 0 saturated carbocycles. The van der Waals surface area contributed by atoms with Crippen LogP contribution in [-0.2, 0) is 4.79 Å². The van der Waals surface area contributed by atoms with Gasteiger partial charge in [0.25, 0.3) is 0 Å². The van der Waals surface area contributed by atoms with E-state index in [-0.39, 0.29) is 0 Å². The van der Waals surface area contributed by atoms with Crippen LogP contribution in [0.5, 0.6) is 0 Å². The Bertz CT molecular complexity index is 353. The Morgan fingerprint density at radius 1 is 0.700 bits per heavy atom. The summed E-state index contributed by atoms with van der Waals surface area (Å²) in [5.41, 5.74) is 1.29. The molecule has 0 fully saturated rings. The smallest absolute Gasteiger partial charge is 0.119 e. The number of aldehydes is 1. The van der Waals surface area contributed by atoms with E-state index in [4.69, 9.17) is 0 Å². The number of carbonyl (C=O) groups is 1. The summed E-state index contributed by atoms with van der Waals surface area (Å²) < 4.78 is 0. The van der Waals surface area contributed by atoms with Crippen molar-refractivity contribution in [3.8, 4) is 0 Å². The summed E-state index contributed by atoms with van der Waals surface area (Å²) >= 11 is 0. The first-order chi connectivity index (χ1) is 9.93. The molecule has 0 aliphatic rings. The zero-order valence-corrected chi connectivity index (χ0v) is 12.6. The highest BCUT2D eigenvalue weighted by Crippen LogP contribution is 2.11. The predicted molar refractivity (Wildman–Crippen MR) is 87.7 cm³/mol. The summed E-state index contributed by atoms with van der Waals surface area (Å²) in [7, 11) is 0. The molecule has 0 bridgehead atoms. The minimum absolute atomic E-state index is 0.744. The Morgan fingerprint density at radius 2 is 1.25 bits per heavy atom. The molecule has 0 heterocycles. The Hall–Kier alpha value is -1.37. The molecule has 0 saturated heterocycles. The van der Waals surface area contributed by atoms with Crippen LogP contribution >= 0.6 is 0 Å². The first-order valence-corrected chi connectivity index (χ1v) is 8.08. The average molecular weight is 272 g/mol. The standard InChI is InChI=1S/C19H28O/c20-18-14-9-7-5-3-1-2-4-6-8-11-15-19-16-12-10-13-17-19/h10-13,15-18H,1-9,14H2/b15-11+. The lowest BCUT2D eigenvalue weighted by atomic mass is 10.1. The van der Waals surface area contributed by atoms with Gasteiger partial charge < -0.3 is 4.79 Å². The number of carbonyl (C=O) groups excluding carboxylic acids is 1. The van der Waals surface area contributed by atoms with Crippen molar-refractivity contribution in [1.29, 1.82) is 0 Å². The highest BCUT2D eigenvalue weighted by Gasteiger charge is 1.92. The van der Waals surface area contributed by atoms with Crippen molar-refractivity contribution >= 4 is 12.4 Å². The van der Waals surface area contributed by atoms with Crippen molar-refractivity contribution in [1.82, 2.24) is 0 Å². The van der Waals surface area contributed by atoms with Crippen LogP contribution in [0, 0.1) is 0 Å². The minimum Gasteiger partial charge on any atom is -0.303 e. The average Bonchev–Trinajstić information content (AvgIpc) is 2.49. The van der Waals surface area contributed by atoms with Crippen molar-refractivity contribution < 1.29 is 4.79 Å². The molecular weight excluding hydrogens is 244 g/mol. The zero-order chi connectivity index (χ0) is 14.3. The van der Waals surface area contributed by atoms with E-state index in [0.29, 0.717) is 0 Å². The second-order valence-electron chi connectivity index (χ2n) is 5.39. The van der Waals surface area contributed by atoms with Gasteiger partial charge in [0.1, 0.15) is 6.29 Å². The molecule has 1 rings (SSSR count). The fourth-order valence-electron chi connectivity index (χ4n) is 2.33. The second kappa shape index (κ2) is 12.7. The van der Waals surface area contributed by atoms with E-state index in [1.165, 1.54) is 56.9 Å². The number of unbranched alkanes of at least 4 members (excludes halogenated alkanes) is 9. The highest BCUT2D eigenvalue weighted by molar-refractivity contribution is 5.49. The van der Waals surface area contributed by atoms with Gasteiger partial charge in [-0.2, -0.15) is 0 Å². The molecule has 1 aromatic rings. The summed E-state index contributed by atoms with van der Waals surface area (Å²) in [5.74, 6) is 0. The fourth-order valence-corrected chi connectivity index (χ4v) is 2.33. The van der Waals surface area contributed by atoms with Crippen LogP contribution in [0.1, 0.15) is 69.8 Å². The first kappa shape index (κ1) is 16.7. The van der Waals surface area contributed by atoms with Crippen LogP contribution in [-0.4, -0.2) is 6.29 Å². The minimum atomic E-state index is 0.744. The van der Waals surface area contributed by atoms with Crippen molar-refractivity contribution in [3.63, 3.8) is 0 Å². The Kier molecular flexibility index (Phi) is 10.6. The molecule has 1 nitrogen and oxygen atoms in total. The quantitative estimate of drug-likeness (QED) is 0.347. The summed E-state index contributed by atoms with van der Waals surface area (Å²) in [6, 6.07) is 10.5. The van der Waals surface area contributed by atoms with Gasteiger partial charge in [0.15, 0.2) is 0 Å². The van der Waals surface area contributed by atoms with Gasteiger partial charge in [0, 0.05) is 6.42 Å². The number of hydrogen-bond acceptors (Lipinski definition) is 1. The van der Waals surface area contributed by atoms with Gasteiger partial charge in [0.05, 0.1) is 0 Å². The molecule has 0 N–H and O–H groups in total. The number of benzene rings is 1. The van der Waals surface area contributed by atoms with Gasteiger partial charge in [-0.05, 0) is 24.8 Å². The number of rotatable bonds is 12. The Morgan fingerprint density at radius 3 is 1.85 bits per heavy atom. The normalized spacial score (nSPS) is 11.0. The lowest BCUT2D eigenvalue weighted by Crippen LogP contribution is -1.82. The number of allylic oxidation sites excluding steroid dienone is 1. The third-order valence-corrected chi connectivity index (χ3v) is 3.55. The van der Waals surface area contributed by atoms with E-state index in [0.717, 1.165) is 19.1 Å². The van der Waals surface area contributed by atoms with E-state index in [9.17, 15) is 4.79 Å². The highest BCUT2D eigenvalue weighted by atomic mass is 16.1. The van der Waals surface area contributed by atoms with Crippen molar-refractivity contribution in [2.75, 3.05) is 0 Å². The molecule has 110 valence electrons. The first-order valence-electron chi connectivity index (χ1n) is 8.08. The van der Waals surface area contributed by atoms with Gasteiger partial charge in [0.2, 0.25) is 0 Å². The molecule has 1 heteroatoms. The molecule has 0 atom stereocenters. The van der Waals surface area contributed by atoms with E-state index in [1.54, 1.807) is 0 Å². The van der Waals surface area contributed by atoms with Crippen LogP contribution < -0.4 is 0 Å². The monoisotopic (exact) mass is 272 g/mol. The predicted octanol–water partition coefficient (Wildman–Crippen LogP) is 5.80. The van der Waals surface area contributed by atoms with Crippen molar-refractivity contribution in [2.24, 2.45) is 0 Å². The van der Waals surface area contributed by atoms with Crippen LogP contribution in [0.4, 0.5) is 0 Å². The summed E-state index contributed by atoms with van der Waals surface area (Å²) in [6.45, 7) is 0. The molecule has 0 aromatic heterocycles. The van der Waals surface area contributed by atoms with Gasteiger partial charge in [-0.3, -0.25) is 0 Å². The van der Waals surface area contributed by atoms with Gasteiger partial charge in [-0.15, -0.1) is 0 Å². The van der Waals surface area contributed by atoms with E-state index < -0.39 is 0 Å². The summed E-state index contributed by atoms with van der Waals surface area (Å²) in [4.78, 5) is 10.2. The third-order valence-electron chi connectivity index (χ3n) is 3.55. The maximum atomic E-state index is 10.2. The number of hydrogen-bond donors (Lipinski definition) is 0. The summed E-state index contributed by atoms with van der Waals surface area (Å²) in [6.07, 6.45) is 17.7. The molecule has 0 aliphatic heterocycles. The van der Waals surface area contributed by atoms with E-state index in [1.807, 2.05) is 0 Å². The largest absolute Gasteiger partial charge is 0.303 e. The lowest BCUT2D eigenvalue weighted by Gasteiger charge is -2.00. The zero-order valence-electron chi connectivity index (χ0n) is 12.6. The van der Waals surface area contributed by atoms with Crippen LogP contribution in [0.15, 0.2) is 36.4 Å². The maximum Gasteiger partial charge on any atom is 0.119 e. The van der Waals surface area contributed by atoms with Gasteiger partial charge in [-0.25, -0.2) is 0 Å². The van der Waals surface area contributed by atoms with Crippen molar-refractivity contribution in [3.05, 3.63) is 42.0 Å². The van der Waals surface area contributed by atoms with Gasteiger partial charge in [-0.1, -0.05) is 81.0 Å². The van der Waals surface area contributed by atoms with Crippen LogP contribution in [0.25, 0.3) is 6.08 Å². The maximum absolute atomic E-state index is 10.2. The lowest BCUT2D eigenvalue weighted by molar-refractivity contribution is -0.107.